The van der Waals surface area contributed by atoms with Crippen molar-refractivity contribution in [3.8, 4) is 6.07 Å². The first-order valence-electron chi connectivity index (χ1n) is 7.55. The van der Waals surface area contributed by atoms with Crippen LogP contribution in [0.5, 0.6) is 0 Å². The summed E-state index contributed by atoms with van der Waals surface area (Å²) in [6.07, 6.45) is 9.45. The number of allylic oxidation sites excluding steroid dienone is 5. The Bertz CT molecular complexity index is 543. The van der Waals surface area contributed by atoms with Crippen molar-refractivity contribution in [3.05, 3.63) is 34.8 Å². The molecular formula is C17H21NO3. The normalized spacial score (nSPS) is 21.6. The van der Waals surface area contributed by atoms with Crippen LogP contribution in [-0.4, -0.2) is 12.6 Å². The molecule has 21 heavy (non-hydrogen) atoms. The average Bonchev–Trinajstić information content (AvgIpc) is 2.48. The van der Waals surface area contributed by atoms with Crippen LogP contribution in [0.2, 0.25) is 0 Å². The van der Waals surface area contributed by atoms with Crippen molar-refractivity contribution < 1.29 is 14.3 Å². The number of ether oxygens (including phenoxy) is 2. The van der Waals surface area contributed by atoms with Crippen LogP contribution in [0.15, 0.2) is 34.8 Å². The Hall–Kier alpha value is -2.02. The van der Waals surface area contributed by atoms with Crippen LogP contribution in [-0.2, 0) is 14.3 Å². The lowest BCUT2D eigenvalue weighted by molar-refractivity contribution is -0.138. The molecule has 0 saturated heterocycles. The summed E-state index contributed by atoms with van der Waals surface area (Å²) in [5, 5.41) is 9.25. The largest absolute Gasteiger partial charge is 0.466 e. The van der Waals surface area contributed by atoms with Crippen LogP contribution in [0.25, 0.3) is 0 Å². The van der Waals surface area contributed by atoms with E-state index in [-0.39, 0.29) is 12.2 Å². The molecule has 1 fully saturated rings. The zero-order valence-electron chi connectivity index (χ0n) is 12.6. The summed E-state index contributed by atoms with van der Waals surface area (Å²) in [7, 11) is 0. The second-order valence-corrected chi connectivity index (χ2v) is 5.40. The van der Waals surface area contributed by atoms with Crippen molar-refractivity contribution in [2.24, 2.45) is 5.92 Å². The third kappa shape index (κ3) is 3.75. The molecule has 0 spiro atoms. The van der Waals surface area contributed by atoms with Gasteiger partial charge in [0.15, 0.2) is 0 Å². The highest BCUT2D eigenvalue weighted by Crippen LogP contribution is 2.34. The van der Waals surface area contributed by atoms with Crippen LogP contribution in [0.1, 0.15) is 46.0 Å². The van der Waals surface area contributed by atoms with E-state index in [0.29, 0.717) is 17.3 Å². The van der Waals surface area contributed by atoms with E-state index < -0.39 is 5.97 Å². The van der Waals surface area contributed by atoms with E-state index in [9.17, 15) is 10.1 Å². The SMILES string of the molecule is CCOC(=O)/C(C#N)=C1\C=C(C)OC(C2CCCCC2)=C1. The number of hydrogen-bond donors (Lipinski definition) is 0. The number of nitriles is 1. The van der Waals surface area contributed by atoms with Gasteiger partial charge < -0.3 is 9.47 Å². The summed E-state index contributed by atoms with van der Waals surface area (Å²) >= 11 is 0. The van der Waals surface area contributed by atoms with Crippen molar-refractivity contribution in [3.63, 3.8) is 0 Å². The Kier molecular flexibility index (Phi) is 5.21. The molecule has 0 aromatic carbocycles. The molecule has 1 saturated carbocycles. The summed E-state index contributed by atoms with van der Waals surface area (Å²) in [6.45, 7) is 3.83. The quantitative estimate of drug-likeness (QED) is 0.450. The summed E-state index contributed by atoms with van der Waals surface area (Å²) in [5.41, 5.74) is 0.646. The van der Waals surface area contributed by atoms with E-state index in [1.807, 2.05) is 19.1 Å². The van der Waals surface area contributed by atoms with Gasteiger partial charge in [-0.1, -0.05) is 19.3 Å². The van der Waals surface area contributed by atoms with Gasteiger partial charge in [-0.05, 0) is 38.8 Å². The molecule has 112 valence electrons. The van der Waals surface area contributed by atoms with Crippen molar-refractivity contribution in [2.75, 3.05) is 6.61 Å². The van der Waals surface area contributed by atoms with Crippen LogP contribution in [0.4, 0.5) is 0 Å². The van der Waals surface area contributed by atoms with Crippen LogP contribution >= 0.6 is 0 Å². The molecule has 2 aliphatic rings. The second kappa shape index (κ2) is 7.12. The van der Waals surface area contributed by atoms with Crippen LogP contribution in [0.3, 0.4) is 0 Å². The van der Waals surface area contributed by atoms with Gasteiger partial charge >= 0.3 is 5.97 Å². The van der Waals surface area contributed by atoms with E-state index in [2.05, 4.69) is 0 Å². The fraction of sp³-hybridized carbons (Fsp3) is 0.529. The number of carbonyl (C=O) groups excluding carboxylic acids is 1. The van der Waals surface area contributed by atoms with Gasteiger partial charge in [0.05, 0.1) is 6.61 Å². The Morgan fingerprint density at radius 3 is 2.71 bits per heavy atom. The first-order valence-corrected chi connectivity index (χ1v) is 7.55. The molecule has 0 aromatic heterocycles. The molecule has 1 aliphatic heterocycles. The number of hydrogen-bond acceptors (Lipinski definition) is 4. The van der Waals surface area contributed by atoms with Gasteiger partial charge in [0.2, 0.25) is 0 Å². The topological polar surface area (TPSA) is 59.3 Å². The molecule has 0 amide bonds. The predicted octanol–water partition coefficient (Wildman–Crippen LogP) is 3.77. The molecular weight excluding hydrogens is 266 g/mol. The van der Waals surface area contributed by atoms with E-state index >= 15 is 0 Å². The first-order chi connectivity index (χ1) is 10.2. The van der Waals surface area contributed by atoms with Gasteiger partial charge in [-0.2, -0.15) is 5.26 Å². The fourth-order valence-electron chi connectivity index (χ4n) is 2.82. The molecule has 4 nitrogen and oxygen atoms in total. The number of rotatable bonds is 3. The Balaban J connectivity index is 2.32. The minimum Gasteiger partial charge on any atom is -0.466 e. The van der Waals surface area contributed by atoms with Crippen molar-refractivity contribution in [1.82, 2.24) is 0 Å². The third-order valence-corrected chi connectivity index (χ3v) is 3.82. The lowest BCUT2D eigenvalue weighted by Crippen LogP contribution is -2.15. The van der Waals surface area contributed by atoms with Crippen LogP contribution < -0.4 is 0 Å². The maximum absolute atomic E-state index is 11.9. The van der Waals surface area contributed by atoms with Gasteiger partial charge in [0.1, 0.15) is 23.2 Å². The molecule has 0 radical (unpaired) electrons. The summed E-state index contributed by atoms with van der Waals surface area (Å²) in [5.74, 6) is 1.41. The molecule has 0 unspecified atom stereocenters. The summed E-state index contributed by atoms with van der Waals surface area (Å²) in [4.78, 5) is 11.9. The molecule has 0 aromatic rings. The smallest absolute Gasteiger partial charge is 0.349 e. The molecule has 0 atom stereocenters. The zero-order chi connectivity index (χ0) is 15.2. The lowest BCUT2D eigenvalue weighted by atomic mass is 9.86. The highest BCUT2D eigenvalue weighted by Gasteiger charge is 2.24. The third-order valence-electron chi connectivity index (χ3n) is 3.82. The molecule has 4 heteroatoms. The number of esters is 1. The Labute approximate surface area is 125 Å². The Morgan fingerprint density at radius 2 is 2.10 bits per heavy atom. The highest BCUT2D eigenvalue weighted by atomic mass is 16.5. The lowest BCUT2D eigenvalue weighted by Gasteiger charge is -2.27. The maximum Gasteiger partial charge on any atom is 0.349 e. The highest BCUT2D eigenvalue weighted by molar-refractivity contribution is 5.95. The average molecular weight is 287 g/mol. The van der Waals surface area contributed by atoms with E-state index in [4.69, 9.17) is 9.47 Å². The minimum absolute atomic E-state index is 0.0489. The molecule has 0 N–H and O–H groups in total. The number of nitrogens with zero attached hydrogens (tertiary/aromatic N) is 1. The van der Waals surface area contributed by atoms with E-state index in [0.717, 1.165) is 18.6 Å². The van der Waals surface area contributed by atoms with E-state index in [1.165, 1.54) is 19.3 Å². The molecule has 2 rings (SSSR count). The van der Waals surface area contributed by atoms with Gasteiger partial charge in [0, 0.05) is 11.5 Å². The molecule has 1 aliphatic carbocycles. The summed E-state index contributed by atoms with van der Waals surface area (Å²) < 4.78 is 10.8. The van der Waals surface area contributed by atoms with Gasteiger partial charge in [0.25, 0.3) is 0 Å². The van der Waals surface area contributed by atoms with Gasteiger partial charge in [-0.15, -0.1) is 0 Å². The van der Waals surface area contributed by atoms with Gasteiger partial charge in [-0.25, -0.2) is 4.79 Å². The minimum atomic E-state index is -0.569. The second-order valence-electron chi connectivity index (χ2n) is 5.40. The van der Waals surface area contributed by atoms with Crippen LogP contribution in [0, 0.1) is 17.2 Å². The zero-order valence-corrected chi connectivity index (χ0v) is 12.6. The fourth-order valence-corrected chi connectivity index (χ4v) is 2.82. The summed E-state index contributed by atoms with van der Waals surface area (Å²) in [6, 6.07) is 1.96. The van der Waals surface area contributed by atoms with Crippen molar-refractivity contribution in [2.45, 2.75) is 46.0 Å². The predicted molar refractivity (Wildman–Crippen MR) is 78.8 cm³/mol. The number of carbonyl (C=O) groups is 1. The molecule has 1 heterocycles. The van der Waals surface area contributed by atoms with Gasteiger partial charge in [-0.3, -0.25) is 0 Å². The van der Waals surface area contributed by atoms with Crippen molar-refractivity contribution >= 4 is 5.97 Å². The first kappa shape index (κ1) is 15.4. The standard InChI is InChI=1S/C17H21NO3/c1-3-20-17(19)15(11-18)14-9-12(2)21-16(10-14)13-7-5-4-6-8-13/h9-10,13H,3-8H2,1-2H3/b15-14+. The van der Waals surface area contributed by atoms with E-state index in [1.54, 1.807) is 13.0 Å². The molecule has 0 bridgehead atoms. The monoisotopic (exact) mass is 287 g/mol. The Morgan fingerprint density at radius 1 is 1.38 bits per heavy atom. The maximum atomic E-state index is 11.9. The van der Waals surface area contributed by atoms with Crippen molar-refractivity contribution in [1.29, 1.82) is 5.26 Å².